The molecule has 4 rings (SSSR count). The number of carbonyl (C=O) groups excluding carboxylic acids is 3. The summed E-state index contributed by atoms with van der Waals surface area (Å²) in [6, 6.07) is -0.751. The summed E-state index contributed by atoms with van der Waals surface area (Å²) < 4.78 is 11.6. The Bertz CT molecular complexity index is 778. The van der Waals surface area contributed by atoms with Gasteiger partial charge in [0.15, 0.2) is 0 Å². The molecule has 1 saturated carbocycles. The van der Waals surface area contributed by atoms with E-state index < -0.39 is 35.6 Å². The molecule has 3 saturated heterocycles. The molecule has 4 aliphatic rings. The molecular formula is C24H34N2O6. The number of esters is 1. The van der Waals surface area contributed by atoms with E-state index in [0.29, 0.717) is 19.4 Å². The number of rotatable bonds is 9. The summed E-state index contributed by atoms with van der Waals surface area (Å²) >= 11 is 0. The van der Waals surface area contributed by atoms with E-state index in [1.807, 2.05) is 4.90 Å². The molecule has 3 heterocycles. The van der Waals surface area contributed by atoms with Gasteiger partial charge in [-0.25, -0.2) is 0 Å². The zero-order valence-corrected chi connectivity index (χ0v) is 18.6. The molecule has 32 heavy (non-hydrogen) atoms. The zero-order valence-electron chi connectivity index (χ0n) is 18.6. The van der Waals surface area contributed by atoms with Gasteiger partial charge in [-0.15, -0.1) is 6.58 Å². The molecule has 0 radical (unpaired) electrons. The van der Waals surface area contributed by atoms with Crippen LogP contribution in [-0.4, -0.2) is 82.8 Å². The van der Waals surface area contributed by atoms with Crippen LogP contribution in [0, 0.1) is 11.8 Å². The molecule has 0 aromatic heterocycles. The first-order valence-corrected chi connectivity index (χ1v) is 11.8. The molecule has 2 amide bonds. The van der Waals surface area contributed by atoms with Crippen LogP contribution in [0.5, 0.6) is 0 Å². The van der Waals surface area contributed by atoms with Crippen molar-refractivity contribution in [2.45, 2.75) is 68.7 Å². The van der Waals surface area contributed by atoms with Crippen molar-refractivity contribution in [3.8, 4) is 0 Å². The summed E-state index contributed by atoms with van der Waals surface area (Å²) in [5, 5.41) is 9.68. The van der Waals surface area contributed by atoms with Gasteiger partial charge in [-0.1, -0.05) is 38.0 Å². The monoisotopic (exact) mass is 446 g/mol. The average Bonchev–Trinajstić information content (AvgIpc) is 3.44. The highest BCUT2D eigenvalue weighted by Crippen LogP contribution is 2.58. The van der Waals surface area contributed by atoms with E-state index in [2.05, 4.69) is 13.2 Å². The predicted molar refractivity (Wildman–Crippen MR) is 116 cm³/mol. The molecule has 8 nitrogen and oxygen atoms in total. The summed E-state index contributed by atoms with van der Waals surface area (Å²) in [4.78, 5) is 43.7. The second kappa shape index (κ2) is 9.35. The van der Waals surface area contributed by atoms with E-state index in [4.69, 9.17) is 9.47 Å². The highest BCUT2D eigenvalue weighted by atomic mass is 16.6. The standard InChI is InChI=1S/C24H34N2O6/c1-3-12-25(16-8-6-5-7-9-16)22(29)20-24-11-10-17(32-24)18(23(30)31-15-4-2)19(24)21(28)26(20)13-14-27/h3-4,16-20,27H,1-2,5-15H2/t17-,18+,19-,20?,24?/m0/s1. The number of nitrogens with zero attached hydrogens (tertiary/aromatic N) is 2. The van der Waals surface area contributed by atoms with Crippen LogP contribution in [0.2, 0.25) is 0 Å². The Hall–Kier alpha value is -2.19. The molecule has 0 aromatic carbocycles. The van der Waals surface area contributed by atoms with E-state index in [1.165, 1.54) is 11.0 Å². The van der Waals surface area contributed by atoms with Gasteiger partial charge in [0.05, 0.1) is 24.5 Å². The number of ether oxygens (including phenoxy) is 2. The first-order chi connectivity index (χ1) is 15.5. The van der Waals surface area contributed by atoms with Gasteiger partial charge in [-0.2, -0.15) is 0 Å². The zero-order chi connectivity index (χ0) is 22.9. The van der Waals surface area contributed by atoms with Gasteiger partial charge in [0, 0.05) is 19.1 Å². The number of hydrogen-bond donors (Lipinski definition) is 1. The Morgan fingerprint density at radius 3 is 2.62 bits per heavy atom. The van der Waals surface area contributed by atoms with Crippen molar-refractivity contribution in [1.29, 1.82) is 0 Å². The molecule has 4 fully saturated rings. The minimum absolute atomic E-state index is 0.0303. The molecule has 2 unspecified atom stereocenters. The van der Waals surface area contributed by atoms with Crippen molar-refractivity contribution in [2.75, 3.05) is 26.3 Å². The van der Waals surface area contributed by atoms with E-state index in [9.17, 15) is 19.5 Å². The third-order valence-electron chi connectivity index (χ3n) is 7.61. The summed E-state index contributed by atoms with van der Waals surface area (Å²) in [5.41, 5.74) is -1.06. The van der Waals surface area contributed by atoms with Gasteiger partial charge in [0.2, 0.25) is 11.8 Å². The largest absolute Gasteiger partial charge is 0.461 e. The number of hydrogen-bond acceptors (Lipinski definition) is 6. The summed E-state index contributed by atoms with van der Waals surface area (Å²) in [5.74, 6) is -2.46. The molecule has 1 aliphatic carbocycles. The van der Waals surface area contributed by atoms with Crippen LogP contribution < -0.4 is 0 Å². The van der Waals surface area contributed by atoms with Crippen LogP contribution >= 0.6 is 0 Å². The number of carbonyl (C=O) groups is 3. The molecule has 1 spiro atoms. The van der Waals surface area contributed by atoms with Crippen molar-refractivity contribution < 1.29 is 29.0 Å². The average molecular weight is 447 g/mol. The number of amides is 2. The number of aliphatic hydroxyl groups is 1. The molecule has 1 N–H and O–H groups in total. The fourth-order valence-electron chi connectivity index (χ4n) is 6.39. The number of aliphatic hydroxyl groups excluding tert-OH is 1. The van der Waals surface area contributed by atoms with Crippen molar-refractivity contribution in [3.63, 3.8) is 0 Å². The van der Waals surface area contributed by atoms with E-state index in [0.717, 1.165) is 32.1 Å². The molecule has 176 valence electrons. The van der Waals surface area contributed by atoms with Gasteiger partial charge < -0.3 is 24.4 Å². The second-order valence-corrected chi connectivity index (χ2v) is 9.30. The van der Waals surface area contributed by atoms with Crippen molar-refractivity contribution in [2.24, 2.45) is 11.8 Å². The molecule has 5 atom stereocenters. The SMILES string of the molecule is C=CCOC(=O)[C@@H]1[C@@H]2CCC3(O2)C(C(=O)N(CC=C)C2CCCCC2)N(CCO)C(=O)[C@H]13. The maximum absolute atomic E-state index is 14.0. The topological polar surface area (TPSA) is 96.4 Å². The lowest BCUT2D eigenvalue weighted by molar-refractivity contribution is -0.154. The molecule has 8 heteroatoms. The van der Waals surface area contributed by atoms with Crippen LogP contribution in [0.15, 0.2) is 25.3 Å². The molecule has 2 bridgehead atoms. The van der Waals surface area contributed by atoms with Gasteiger partial charge in [0.25, 0.3) is 0 Å². The Labute approximate surface area is 189 Å². The summed E-state index contributed by atoms with van der Waals surface area (Å²) in [6.07, 6.45) is 9.05. The van der Waals surface area contributed by atoms with Crippen LogP contribution in [-0.2, 0) is 23.9 Å². The van der Waals surface area contributed by atoms with E-state index in [-0.39, 0.29) is 37.6 Å². The lowest BCUT2D eigenvalue weighted by atomic mass is 9.70. The first kappa shape index (κ1) is 23.0. The third kappa shape index (κ3) is 3.57. The predicted octanol–water partition coefficient (Wildman–Crippen LogP) is 1.43. The number of likely N-dealkylation sites (tertiary alicyclic amines) is 1. The van der Waals surface area contributed by atoms with E-state index in [1.54, 1.807) is 6.08 Å². The van der Waals surface area contributed by atoms with Crippen molar-refractivity contribution in [1.82, 2.24) is 9.80 Å². The van der Waals surface area contributed by atoms with E-state index >= 15 is 0 Å². The Morgan fingerprint density at radius 2 is 1.97 bits per heavy atom. The summed E-state index contributed by atoms with van der Waals surface area (Å²) in [7, 11) is 0. The van der Waals surface area contributed by atoms with Crippen LogP contribution in [0.3, 0.4) is 0 Å². The second-order valence-electron chi connectivity index (χ2n) is 9.30. The fourth-order valence-corrected chi connectivity index (χ4v) is 6.39. The van der Waals surface area contributed by atoms with Crippen molar-refractivity contribution in [3.05, 3.63) is 25.3 Å². The lowest BCUT2D eigenvalue weighted by Crippen LogP contribution is -2.58. The Balaban J connectivity index is 1.68. The fraction of sp³-hybridized carbons (Fsp3) is 0.708. The van der Waals surface area contributed by atoms with Crippen LogP contribution in [0.1, 0.15) is 44.9 Å². The highest BCUT2D eigenvalue weighted by Gasteiger charge is 2.75. The van der Waals surface area contributed by atoms with Gasteiger partial charge >= 0.3 is 5.97 Å². The van der Waals surface area contributed by atoms with Gasteiger partial charge in [-0.05, 0) is 25.7 Å². The van der Waals surface area contributed by atoms with Crippen LogP contribution in [0.25, 0.3) is 0 Å². The first-order valence-electron chi connectivity index (χ1n) is 11.8. The normalized spacial score (nSPS) is 33.8. The van der Waals surface area contributed by atoms with Crippen LogP contribution in [0.4, 0.5) is 0 Å². The third-order valence-corrected chi connectivity index (χ3v) is 7.61. The highest BCUT2D eigenvalue weighted by molar-refractivity contribution is 5.98. The Morgan fingerprint density at radius 1 is 1.22 bits per heavy atom. The van der Waals surface area contributed by atoms with Crippen molar-refractivity contribution >= 4 is 17.8 Å². The lowest BCUT2D eigenvalue weighted by Gasteiger charge is -2.40. The number of β-amino-alcohol motifs (C(OH)–C–C–N with tert-alkyl or cyclic N) is 1. The summed E-state index contributed by atoms with van der Waals surface area (Å²) in [6.45, 7) is 7.63. The van der Waals surface area contributed by atoms with Gasteiger partial charge in [0.1, 0.15) is 18.2 Å². The maximum Gasteiger partial charge on any atom is 0.312 e. The minimum atomic E-state index is -1.06. The van der Waals surface area contributed by atoms with Gasteiger partial charge in [-0.3, -0.25) is 14.4 Å². The minimum Gasteiger partial charge on any atom is -0.461 e. The Kier molecular flexibility index (Phi) is 6.72. The molecule has 3 aliphatic heterocycles. The molecule has 0 aromatic rings. The smallest absolute Gasteiger partial charge is 0.312 e. The number of fused-ring (bicyclic) bond motifs is 1. The maximum atomic E-state index is 14.0. The quantitative estimate of drug-likeness (QED) is 0.425. The molecular weight excluding hydrogens is 412 g/mol.